The second kappa shape index (κ2) is 6.81. The Kier molecular flexibility index (Phi) is 5.09. The smallest absolute Gasteiger partial charge is 0.156 e. The fraction of sp³-hybridized carbons (Fsp3) is 0.467. The molecule has 108 valence electrons. The van der Waals surface area contributed by atoms with Gasteiger partial charge in [-0.2, -0.15) is 16.4 Å². The van der Waals surface area contributed by atoms with Crippen LogP contribution in [0.25, 0.3) is 0 Å². The largest absolute Gasteiger partial charge is 0.354 e. The van der Waals surface area contributed by atoms with Crippen LogP contribution in [0.15, 0.2) is 16.8 Å². The molecule has 0 radical (unpaired) electrons. The highest BCUT2D eigenvalue weighted by atomic mass is 32.1. The quantitative estimate of drug-likeness (QED) is 0.889. The summed E-state index contributed by atoms with van der Waals surface area (Å²) in [6.07, 6.45) is 1.85. The molecule has 0 amide bonds. The molecule has 2 heterocycles. The minimum atomic E-state index is 0.509. The Morgan fingerprint density at radius 1 is 1.20 bits per heavy atom. The van der Waals surface area contributed by atoms with Gasteiger partial charge < -0.3 is 10.6 Å². The summed E-state index contributed by atoms with van der Waals surface area (Å²) >= 11 is 1.71. The molecule has 2 rings (SSSR count). The predicted molar refractivity (Wildman–Crippen MR) is 85.1 cm³/mol. The Balaban J connectivity index is 2.35. The van der Waals surface area contributed by atoms with Gasteiger partial charge >= 0.3 is 0 Å². The van der Waals surface area contributed by atoms with Crippen molar-refractivity contribution < 1.29 is 0 Å². The van der Waals surface area contributed by atoms with Gasteiger partial charge in [-0.3, -0.25) is 0 Å². The first kappa shape index (κ1) is 14.9. The number of thiophene rings is 1. The third kappa shape index (κ3) is 2.99. The van der Waals surface area contributed by atoms with E-state index >= 15 is 0 Å². The summed E-state index contributed by atoms with van der Waals surface area (Å²) in [7, 11) is 2.05. The zero-order valence-corrected chi connectivity index (χ0v) is 13.2. The number of anilines is 1. The molecule has 0 spiro atoms. The topological polar surface area (TPSA) is 55.0 Å². The molecule has 0 aliphatic heterocycles. The van der Waals surface area contributed by atoms with Gasteiger partial charge in [0.25, 0.3) is 0 Å². The van der Waals surface area contributed by atoms with Crippen LogP contribution in [0.4, 0.5) is 5.82 Å². The van der Waals surface area contributed by atoms with Crippen LogP contribution in [0.5, 0.6) is 0 Å². The van der Waals surface area contributed by atoms with E-state index in [1.807, 2.05) is 7.05 Å². The molecule has 0 saturated heterocycles. The van der Waals surface area contributed by atoms with Crippen LogP contribution in [0.1, 0.15) is 36.2 Å². The van der Waals surface area contributed by atoms with Crippen LogP contribution >= 0.6 is 11.3 Å². The third-order valence-corrected chi connectivity index (χ3v) is 4.23. The Morgan fingerprint density at radius 3 is 2.55 bits per heavy atom. The minimum Gasteiger partial charge on any atom is -0.354 e. The SMILES string of the molecule is CCc1nnc(N(C)Cc2ccsc2)c(CN)c1CC. The van der Waals surface area contributed by atoms with Gasteiger partial charge in [-0.1, -0.05) is 13.8 Å². The van der Waals surface area contributed by atoms with Crippen molar-refractivity contribution >= 4 is 17.2 Å². The number of nitrogens with zero attached hydrogens (tertiary/aromatic N) is 3. The lowest BCUT2D eigenvalue weighted by atomic mass is 10.0. The second-order valence-electron chi connectivity index (χ2n) is 4.83. The number of aryl methyl sites for hydroxylation is 1. The Morgan fingerprint density at radius 2 is 2.00 bits per heavy atom. The van der Waals surface area contributed by atoms with E-state index < -0.39 is 0 Å². The molecule has 20 heavy (non-hydrogen) atoms. The molecule has 0 aliphatic carbocycles. The Hall–Kier alpha value is -1.46. The first-order chi connectivity index (χ1) is 9.71. The molecule has 4 nitrogen and oxygen atoms in total. The zero-order valence-electron chi connectivity index (χ0n) is 12.4. The van der Waals surface area contributed by atoms with E-state index in [1.54, 1.807) is 11.3 Å². The van der Waals surface area contributed by atoms with Gasteiger partial charge in [0.2, 0.25) is 0 Å². The van der Waals surface area contributed by atoms with Crippen molar-refractivity contribution in [3.63, 3.8) is 0 Å². The average Bonchev–Trinajstić information content (AvgIpc) is 2.98. The van der Waals surface area contributed by atoms with Crippen LogP contribution in [0.3, 0.4) is 0 Å². The molecule has 0 fully saturated rings. The van der Waals surface area contributed by atoms with Crippen LogP contribution in [-0.2, 0) is 25.9 Å². The Labute approximate surface area is 124 Å². The first-order valence-corrected chi connectivity index (χ1v) is 7.95. The van der Waals surface area contributed by atoms with Crippen LogP contribution in [0, 0.1) is 0 Å². The highest BCUT2D eigenvalue weighted by Gasteiger charge is 2.16. The highest BCUT2D eigenvalue weighted by Crippen LogP contribution is 2.24. The van der Waals surface area contributed by atoms with Crippen molar-refractivity contribution in [2.75, 3.05) is 11.9 Å². The molecule has 2 aromatic heterocycles. The van der Waals surface area contributed by atoms with E-state index in [-0.39, 0.29) is 0 Å². The van der Waals surface area contributed by atoms with Crippen LogP contribution in [-0.4, -0.2) is 17.2 Å². The van der Waals surface area contributed by atoms with E-state index in [9.17, 15) is 0 Å². The fourth-order valence-electron chi connectivity index (χ4n) is 2.49. The van der Waals surface area contributed by atoms with Gasteiger partial charge in [0.05, 0.1) is 5.69 Å². The summed E-state index contributed by atoms with van der Waals surface area (Å²) in [5, 5.41) is 13.0. The van der Waals surface area contributed by atoms with Crippen LogP contribution < -0.4 is 10.6 Å². The summed E-state index contributed by atoms with van der Waals surface area (Å²) in [5.41, 5.74) is 10.7. The Bertz CT molecular complexity index is 551. The number of hydrogen-bond donors (Lipinski definition) is 1. The molecule has 5 heteroatoms. The fourth-order valence-corrected chi connectivity index (χ4v) is 3.15. The van der Waals surface area contributed by atoms with E-state index in [0.29, 0.717) is 6.54 Å². The molecule has 0 aliphatic rings. The summed E-state index contributed by atoms with van der Waals surface area (Å²) in [5.74, 6) is 0.910. The molecule has 0 saturated carbocycles. The maximum atomic E-state index is 5.97. The number of hydrogen-bond acceptors (Lipinski definition) is 5. The molecule has 0 unspecified atom stereocenters. The second-order valence-corrected chi connectivity index (χ2v) is 5.61. The van der Waals surface area contributed by atoms with E-state index in [0.717, 1.165) is 36.5 Å². The number of nitrogens with two attached hydrogens (primary N) is 1. The molecule has 2 N–H and O–H groups in total. The minimum absolute atomic E-state index is 0.509. The van der Waals surface area contributed by atoms with Crippen molar-refractivity contribution in [1.29, 1.82) is 0 Å². The molecule has 2 aromatic rings. The standard InChI is InChI=1S/C15H22N4S/c1-4-12-13(8-16)15(18-17-14(12)5-2)19(3)9-11-6-7-20-10-11/h6-7,10H,4-5,8-9,16H2,1-3H3. The molecular formula is C15H22N4S. The third-order valence-electron chi connectivity index (χ3n) is 3.50. The van der Waals surface area contributed by atoms with E-state index in [1.165, 1.54) is 11.1 Å². The summed E-state index contributed by atoms with van der Waals surface area (Å²) in [6.45, 7) is 5.60. The van der Waals surface area contributed by atoms with Crippen molar-refractivity contribution in [2.45, 2.75) is 39.8 Å². The summed E-state index contributed by atoms with van der Waals surface area (Å²) < 4.78 is 0. The molecule has 0 aromatic carbocycles. The summed E-state index contributed by atoms with van der Waals surface area (Å²) in [6, 6.07) is 2.14. The van der Waals surface area contributed by atoms with Crippen molar-refractivity contribution in [3.05, 3.63) is 39.2 Å². The average molecular weight is 290 g/mol. The maximum Gasteiger partial charge on any atom is 0.156 e. The van der Waals surface area contributed by atoms with E-state index in [2.05, 4.69) is 45.8 Å². The van der Waals surface area contributed by atoms with Gasteiger partial charge in [-0.15, -0.1) is 5.10 Å². The highest BCUT2D eigenvalue weighted by molar-refractivity contribution is 7.07. The maximum absolute atomic E-state index is 5.97. The van der Waals surface area contributed by atoms with Crippen molar-refractivity contribution in [3.8, 4) is 0 Å². The normalized spacial score (nSPS) is 10.8. The summed E-state index contributed by atoms with van der Waals surface area (Å²) in [4.78, 5) is 2.13. The molecule has 0 atom stereocenters. The van der Waals surface area contributed by atoms with E-state index in [4.69, 9.17) is 5.73 Å². The molecular weight excluding hydrogens is 268 g/mol. The number of rotatable bonds is 6. The molecule has 0 bridgehead atoms. The van der Waals surface area contributed by atoms with Gasteiger partial charge in [0.15, 0.2) is 5.82 Å². The van der Waals surface area contributed by atoms with Crippen LogP contribution in [0.2, 0.25) is 0 Å². The monoisotopic (exact) mass is 290 g/mol. The lowest BCUT2D eigenvalue weighted by molar-refractivity contribution is 0.796. The first-order valence-electron chi connectivity index (χ1n) is 7.00. The number of aromatic nitrogens is 2. The predicted octanol–water partition coefficient (Wildman–Crippen LogP) is 2.76. The lowest BCUT2D eigenvalue weighted by Gasteiger charge is -2.22. The zero-order chi connectivity index (χ0) is 14.5. The van der Waals surface area contributed by atoms with Gasteiger partial charge in [0, 0.05) is 25.7 Å². The van der Waals surface area contributed by atoms with Crippen molar-refractivity contribution in [2.24, 2.45) is 5.73 Å². The van der Waals surface area contributed by atoms with Gasteiger partial charge in [0.1, 0.15) is 0 Å². The lowest BCUT2D eigenvalue weighted by Crippen LogP contribution is -2.22. The van der Waals surface area contributed by atoms with Gasteiger partial charge in [-0.05, 0) is 40.8 Å². The van der Waals surface area contributed by atoms with Crippen molar-refractivity contribution in [1.82, 2.24) is 10.2 Å². The van der Waals surface area contributed by atoms with Gasteiger partial charge in [-0.25, -0.2) is 0 Å².